The van der Waals surface area contributed by atoms with Gasteiger partial charge in [0.15, 0.2) is 0 Å². The molecule has 0 heterocycles. The molecule has 0 saturated carbocycles. The molecule has 20 heavy (non-hydrogen) atoms. The maximum Gasteiger partial charge on any atom is 0.238 e. The highest BCUT2D eigenvalue weighted by Crippen LogP contribution is 2.34. The maximum atomic E-state index is 12.0. The third-order valence-corrected chi connectivity index (χ3v) is 4.05. The summed E-state index contributed by atoms with van der Waals surface area (Å²) in [7, 11) is 1.79. The van der Waals surface area contributed by atoms with Crippen LogP contribution in [0, 0.1) is 0 Å². The van der Waals surface area contributed by atoms with Gasteiger partial charge in [-0.25, -0.2) is 0 Å². The highest BCUT2D eigenvalue weighted by molar-refractivity contribution is 9.11. The summed E-state index contributed by atoms with van der Waals surface area (Å²) in [6, 6.07) is 3.72. The zero-order valence-electron chi connectivity index (χ0n) is 11.5. The number of amides is 1. The number of likely N-dealkylation sites (N-methyl/N-ethyl adjacent to an activating group) is 1. The Hall–Kier alpha value is 0.0500. The summed E-state index contributed by atoms with van der Waals surface area (Å²) >= 11 is 10.2. The zero-order valence-corrected chi connectivity index (χ0v) is 16.3. The molecule has 0 aliphatic rings. The fourth-order valence-electron chi connectivity index (χ4n) is 1.80. The molecule has 1 aromatic rings. The van der Waals surface area contributed by atoms with Crippen molar-refractivity contribution in [1.82, 2.24) is 4.90 Å². The molecule has 0 bridgehead atoms. The minimum atomic E-state index is -0.826. The van der Waals surface area contributed by atoms with E-state index >= 15 is 0 Å². The molecular formula is C13H17Br3N2O2. The van der Waals surface area contributed by atoms with E-state index in [0.29, 0.717) is 12.2 Å². The lowest BCUT2D eigenvalue weighted by Crippen LogP contribution is -2.40. The lowest BCUT2D eigenvalue weighted by atomic mass is 10.1. The molecule has 112 valence electrons. The van der Waals surface area contributed by atoms with Crippen LogP contribution >= 0.6 is 47.8 Å². The van der Waals surface area contributed by atoms with E-state index in [0.717, 1.165) is 13.4 Å². The Balaban J connectivity index is 2.68. The quantitative estimate of drug-likeness (QED) is 0.688. The average Bonchev–Trinajstić information content (AvgIpc) is 2.20. The predicted octanol–water partition coefficient (Wildman–Crippen LogP) is 3.62. The van der Waals surface area contributed by atoms with Gasteiger partial charge < -0.3 is 10.4 Å². The van der Waals surface area contributed by atoms with Crippen LogP contribution in [0.2, 0.25) is 0 Å². The molecule has 1 aromatic carbocycles. The molecule has 2 N–H and O–H groups in total. The smallest absolute Gasteiger partial charge is 0.238 e. The molecule has 0 aromatic heterocycles. The Morgan fingerprint density at radius 1 is 1.30 bits per heavy atom. The molecule has 7 heteroatoms. The largest absolute Gasteiger partial charge is 0.389 e. The van der Waals surface area contributed by atoms with Crippen molar-refractivity contribution in [2.24, 2.45) is 0 Å². The summed E-state index contributed by atoms with van der Waals surface area (Å²) in [5.41, 5.74) is -0.136. The molecule has 1 amide bonds. The monoisotopic (exact) mass is 470 g/mol. The van der Waals surface area contributed by atoms with Crippen molar-refractivity contribution >= 4 is 59.4 Å². The van der Waals surface area contributed by atoms with Crippen LogP contribution in [0.4, 0.5) is 5.69 Å². The van der Waals surface area contributed by atoms with Crippen molar-refractivity contribution in [3.8, 4) is 0 Å². The van der Waals surface area contributed by atoms with E-state index in [9.17, 15) is 9.90 Å². The van der Waals surface area contributed by atoms with E-state index in [-0.39, 0.29) is 12.5 Å². The first-order chi connectivity index (χ1) is 9.08. The first-order valence-corrected chi connectivity index (χ1v) is 8.32. The Labute approximate surface area is 144 Å². The van der Waals surface area contributed by atoms with Crippen LogP contribution < -0.4 is 5.32 Å². The van der Waals surface area contributed by atoms with Crippen LogP contribution in [0.3, 0.4) is 0 Å². The van der Waals surface area contributed by atoms with Crippen molar-refractivity contribution in [2.45, 2.75) is 19.4 Å². The molecule has 0 unspecified atom stereocenters. The SMILES string of the molecule is CN(CC(=O)Nc1c(Br)cc(Br)cc1Br)CC(C)(C)O. The second-order valence-corrected chi connectivity index (χ2v) is 7.90. The van der Waals surface area contributed by atoms with E-state index in [1.54, 1.807) is 25.8 Å². The second kappa shape index (κ2) is 7.35. The molecular weight excluding hydrogens is 456 g/mol. The number of carbonyl (C=O) groups is 1. The van der Waals surface area contributed by atoms with Crippen molar-refractivity contribution < 1.29 is 9.90 Å². The summed E-state index contributed by atoms with van der Waals surface area (Å²) < 4.78 is 2.49. The normalized spacial score (nSPS) is 11.8. The van der Waals surface area contributed by atoms with E-state index in [1.807, 2.05) is 12.1 Å². The molecule has 0 aliphatic heterocycles. The zero-order chi connectivity index (χ0) is 15.5. The van der Waals surface area contributed by atoms with Crippen LogP contribution in [-0.4, -0.2) is 41.7 Å². The molecule has 0 fully saturated rings. The Bertz CT molecular complexity index is 478. The number of halogens is 3. The number of rotatable bonds is 5. The molecule has 1 rings (SSSR count). The number of anilines is 1. The van der Waals surface area contributed by atoms with Crippen molar-refractivity contribution in [3.05, 3.63) is 25.6 Å². The van der Waals surface area contributed by atoms with Gasteiger partial charge in [0.25, 0.3) is 0 Å². The lowest BCUT2D eigenvalue weighted by molar-refractivity contribution is -0.117. The second-order valence-electron chi connectivity index (χ2n) is 5.28. The van der Waals surface area contributed by atoms with E-state index in [4.69, 9.17) is 0 Å². The molecule has 0 radical (unpaired) electrons. The van der Waals surface area contributed by atoms with Gasteiger partial charge in [-0.15, -0.1) is 0 Å². The third-order valence-electron chi connectivity index (χ3n) is 2.34. The van der Waals surface area contributed by atoms with Gasteiger partial charge in [0.05, 0.1) is 17.8 Å². The van der Waals surface area contributed by atoms with Crippen LogP contribution in [0.5, 0.6) is 0 Å². The molecule has 0 atom stereocenters. The summed E-state index contributed by atoms with van der Waals surface area (Å²) in [6.45, 7) is 4.05. The number of nitrogens with zero attached hydrogens (tertiary/aromatic N) is 1. The highest BCUT2D eigenvalue weighted by atomic mass is 79.9. The topological polar surface area (TPSA) is 52.6 Å². The van der Waals surface area contributed by atoms with Gasteiger partial charge in [0, 0.05) is 20.0 Å². The predicted molar refractivity (Wildman–Crippen MR) is 92.0 cm³/mol. The maximum absolute atomic E-state index is 12.0. The van der Waals surface area contributed by atoms with Crippen molar-refractivity contribution in [1.29, 1.82) is 0 Å². The first-order valence-electron chi connectivity index (χ1n) is 5.94. The van der Waals surface area contributed by atoms with Gasteiger partial charge in [0.2, 0.25) is 5.91 Å². The Kier molecular flexibility index (Phi) is 6.66. The molecule has 0 spiro atoms. The van der Waals surface area contributed by atoms with Gasteiger partial charge in [-0.3, -0.25) is 9.69 Å². The van der Waals surface area contributed by atoms with Crippen LogP contribution in [-0.2, 0) is 4.79 Å². The molecule has 0 aliphatic carbocycles. The van der Waals surface area contributed by atoms with Gasteiger partial charge in [-0.1, -0.05) is 15.9 Å². The van der Waals surface area contributed by atoms with Crippen LogP contribution in [0.1, 0.15) is 13.8 Å². The summed E-state index contributed by atoms with van der Waals surface area (Å²) in [4.78, 5) is 13.8. The van der Waals surface area contributed by atoms with Gasteiger partial charge in [-0.05, 0) is 64.9 Å². The Morgan fingerprint density at radius 2 is 1.80 bits per heavy atom. The number of benzene rings is 1. The average molecular weight is 473 g/mol. The minimum absolute atomic E-state index is 0.138. The number of carbonyl (C=O) groups excluding carboxylic acids is 1. The van der Waals surface area contributed by atoms with Crippen molar-refractivity contribution in [3.63, 3.8) is 0 Å². The highest BCUT2D eigenvalue weighted by Gasteiger charge is 2.18. The summed E-state index contributed by atoms with van der Waals surface area (Å²) in [6.07, 6.45) is 0. The van der Waals surface area contributed by atoms with Crippen molar-refractivity contribution in [2.75, 3.05) is 25.5 Å². The third kappa shape index (κ3) is 6.22. The van der Waals surface area contributed by atoms with Crippen LogP contribution in [0.15, 0.2) is 25.6 Å². The number of aliphatic hydroxyl groups is 1. The fraction of sp³-hybridized carbons (Fsp3) is 0.462. The fourth-order valence-corrected chi connectivity index (χ4v) is 4.26. The van der Waals surface area contributed by atoms with E-state index < -0.39 is 5.60 Å². The Morgan fingerprint density at radius 3 is 2.25 bits per heavy atom. The van der Waals surface area contributed by atoms with E-state index in [2.05, 4.69) is 53.1 Å². The van der Waals surface area contributed by atoms with Gasteiger partial charge in [0.1, 0.15) is 0 Å². The lowest BCUT2D eigenvalue weighted by Gasteiger charge is -2.25. The molecule has 0 saturated heterocycles. The van der Waals surface area contributed by atoms with Gasteiger partial charge >= 0.3 is 0 Å². The number of hydrogen-bond acceptors (Lipinski definition) is 3. The summed E-state index contributed by atoms with van der Waals surface area (Å²) in [5, 5.41) is 12.6. The standard InChI is InChI=1S/C13H17Br3N2O2/c1-13(2,20)7-18(3)6-11(19)17-12-9(15)4-8(14)5-10(12)16/h4-5,20H,6-7H2,1-3H3,(H,17,19). The summed E-state index contributed by atoms with van der Waals surface area (Å²) in [5.74, 6) is -0.138. The number of hydrogen-bond donors (Lipinski definition) is 2. The number of nitrogens with one attached hydrogen (secondary N) is 1. The first kappa shape index (κ1) is 18.1. The minimum Gasteiger partial charge on any atom is -0.389 e. The molecule has 4 nitrogen and oxygen atoms in total. The van der Waals surface area contributed by atoms with E-state index in [1.165, 1.54) is 0 Å². The van der Waals surface area contributed by atoms with Crippen LogP contribution in [0.25, 0.3) is 0 Å². The van der Waals surface area contributed by atoms with Gasteiger partial charge in [-0.2, -0.15) is 0 Å².